The summed E-state index contributed by atoms with van der Waals surface area (Å²) in [5.41, 5.74) is 10.6. The molecule has 0 amide bonds. The van der Waals surface area contributed by atoms with Crippen LogP contribution in [-0.2, 0) is 11.2 Å². The highest BCUT2D eigenvalue weighted by atomic mass is 35.5. The molecule has 2 aromatic carbocycles. The number of rotatable bonds is 1. The molecular formula is C20H14Cl2N2O. The molecule has 0 unspecified atom stereocenters. The number of hydrogen-bond acceptors (Lipinski definition) is 3. The van der Waals surface area contributed by atoms with Gasteiger partial charge in [-0.3, -0.25) is 0 Å². The molecule has 0 fully saturated rings. The van der Waals surface area contributed by atoms with Crippen LogP contribution in [0.3, 0.4) is 0 Å². The first-order chi connectivity index (χ1) is 12.1. The summed E-state index contributed by atoms with van der Waals surface area (Å²) >= 11 is 12.5. The number of ether oxygens (including phenoxy) is 1. The van der Waals surface area contributed by atoms with Gasteiger partial charge in [0.1, 0.15) is 17.4 Å². The predicted octanol–water partition coefficient (Wildman–Crippen LogP) is 5.16. The highest BCUT2D eigenvalue weighted by Gasteiger charge is 2.36. The van der Waals surface area contributed by atoms with E-state index in [1.54, 1.807) is 12.1 Å². The van der Waals surface area contributed by atoms with Crippen LogP contribution in [0, 0.1) is 11.3 Å². The van der Waals surface area contributed by atoms with Crippen LogP contribution in [0.5, 0.6) is 0 Å². The second kappa shape index (κ2) is 6.15. The molecule has 0 saturated carbocycles. The van der Waals surface area contributed by atoms with Crippen molar-refractivity contribution in [1.82, 2.24) is 0 Å². The quantitative estimate of drug-likeness (QED) is 0.756. The zero-order valence-electron chi connectivity index (χ0n) is 13.2. The summed E-state index contributed by atoms with van der Waals surface area (Å²) in [6.07, 6.45) is 1.67. The van der Waals surface area contributed by atoms with E-state index in [4.69, 9.17) is 33.7 Å². The molecule has 4 rings (SSSR count). The summed E-state index contributed by atoms with van der Waals surface area (Å²) in [7, 11) is 0. The summed E-state index contributed by atoms with van der Waals surface area (Å²) in [4.78, 5) is 0. The summed E-state index contributed by atoms with van der Waals surface area (Å²) < 4.78 is 5.88. The lowest BCUT2D eigenvalue weighted by molar-refractivity contribution is 0.350. The van der Waals surface area contributed by atoms with Gasteiger partial charge in [0, 0.05) is 15.6 Å². The molecule has 0 aromatic heterocycles. The number of hydrogen-bond donors (Lipinski definition) is 1. The van der Waals surface area contributed by atoms with E-state index in [9.17, 15) is 5.26 Å². The third-order valence-electron chi connectivity index (χ3n) is 4.73. The van der Waals surface area contributed by atoms with Crippen molar-refractivity contribution in [1.29, 1.82) is 5.26 Å². The highest BCUT2D eigenvalue weighted by Crippen LogP contribution is 2.48. The summed E-state index contributed by atoms with van der Waals surface area (Å²) in [5.74, 6) is 0.565. The van der Waals surface area contributed by atoms with Crippen LogP contribution < -0.4 is 5.73 Å². The molecule has 2 N–H and O–H groups in total. The monoisotopic (exact) mass is 368 g/mol. The lowest BCUT2D eigenvalue weighted by Gasteiger charge is -2.33. The first-order valence-electron chi connectivity index (χ1n) is 7.94. The zero-order valence-corrected chi connectivity index (χ0v) is 14.7. The first-order valence-corrected chi connectivity index (χ1v) is 8.69. The molecule has 0 radical (unpaired) electrons. The molecule has 5 heteroatoms. The fourth-order valence-electron chi connectivity index (χ4n) is 3.59. The summed E-state index contributed by atoms with van der Waals surface area (Å²) in [6, 6.07) is 15.6. The fraction of sp³-hybridized carbons (Fsp3) is 0.150. The smallest absolute Gasteiger partial charge is 0.205 e. The van der Waals surface area contributed by atoms with Crippen LogP contribution in [0.4, 0.5) is 0 Å². The number of benzene rings is 2. The van der Waals surface area contributed by atoms with Crippen LogP contribution in [0.1, 0.15) is 29.0 Å². The molecule has 1 aliphatic carbocycles. The second-order valence-corrected chi connectivity index (χ2v) is 6.95. The zero-order chi connectivity index (χ0) is 17.6. The van der Waals surface area contributed by atoms with Gasteiger partial charge in [0.25, 0.3) is 0 Å². The van der Waals surface area contributed by atoms with Gasteiger partial charge in [-0.2, -0.15) is 5.26 Å². The van der Waals surface area contributed by atoms with Crippen molar-refractivity contribution in [3.05, 3.63) is 86.2 Å². The fourth-order valence-corrected chi connectivity index (χ4v) is 4.11. The van der Waals surface area contributed by atoms with E-state index in [0.29, 0.717) is 15.6 Å². The Kier molecular flexibility index (Phi) is 3.95. The van der Waals surface area contributed by atoms with Crippen molar-refractivity contribution in [2.75, 3.05) is 0 Å². The molecular weight excluding hydrogens is 355 g/mol. The van der Waals surface area contributed by atoms with Gasteiger partial charge in [-0.1, -0.05) is 53.5 Å². The third-order valence-corrected chi connectivity index (χ3v) is 5.29. The molecule has 2 aliphatic rings. The molecule has 0 saturated heterocycles. The Morgan fingerprint density at radius 1 is 1.12 bits per heavy atom. The standard InChI is InChI=1S/C20H14Cl2N2O/c21-12-6-8-14(17(22)9-12)18-15-7-5-11-3-1-2-4-13(11)19(15)25-20(24)16(18)10-23/h1-4,6,8-9,18H,5,7,24H2/t18-/m1/s1. The van der Waals surface area contributed by atoms with E-state index in [-0.39, 0.29) is 11.8 Å². The Labute approximate surface area is 155 Å². The molecule has 3 nitrogen and oxygen atoms in total. The second-order valence-electron chi connectivity index (χ2n) is 6.10. The Hall–Kier alpha value is -2.41. The highest BCUT2D eigenvalue weighted by molar-refractivity contribution is 6.35. The third kappa shape index (κ3) is 2.59. The van der Waals surface area contributed by atoms with E-state index in [1.165, 1.54) is 5.56 Å². The van der Waals surface area contributed by atoms with Gasteiger partial charge in [0.05, 0.1) is 5.92 Å². The maximum atomic E-state index is 9.66. The van der Waals surface area contributed by atoms with Gasteiger partial charge >= 0.3 is 0 Å². The maximum Gasteiger partial charge on any atom is 0.205 e. The lowest BCUT2D eigenvalue weighted by Crippen LogP contribution is -2.23. The van der Waals surface area contributed by atoms with Gasteiger partial charge < -0.3 is 10.5 Å². The summed E-state index contributed by atoms with van der Waals surface area (Å²) in [5, 5.41) is 10.7. The minimum atomic E-state index is -0.313. The number of nitrogens with two attached hydrogens (primary N) is 1. The Morgan fingerprint density at radius 2 is 1.92 bits per heavy atom. The van der Waals surface area contributed by atoms with Gasteiger partial charge in [0.15, 0.2) is 0 Å². The molecule has 124 valence electrons. The first kappa shape index (κ1) is 16.1. The van der Waals surface area contributed by atoms with E-state index < -0.39 is 0 Å². The van der Waals surface area contributed by atoms with Crippen molar-refractivity contribution < 1.29 is 4.74 Å². The molecule has 1 atom stereocenters. The lowest BCUT2D eigenvalue weighted by atomic mass is 9.76. The minimum Gasteiger partial charge on any atom is -0.440 e. The molecule has 1 heterocycles. The van der Waals surface area contributed by atoms with E-state index in [1.807, 2.05) is 24.3 Å². The Bertz CT molecular complexity index is 985. The predicted molar refractivity (Wildman–Crippen MR) is 98.8 cm³/mol. The summed E-state index contributed by atoms with van der Waals surface area (Å²) in [6.45, 7) is 0. The van der Waals surface area contributed by atoms with Crippen molar-refractivity contribution >= 4 is 29.0 Å². The number of nitriles is 1. The van der Waals surface area contributed by atoms with E-state index in [0.717, 1.165) is 35.3 Å². The molecule has 0 bridgehead atoms. The van der Waals surface area contributed by atoms with E-state index >= 15 is 0 Å². The van der Waals surface area contributed by atoms with Crippen molar-refractivity contribution in [3.63, 3.8) is 0 Å². The van der Waals surface area contributed by atoms with Gasteiger partial charge in [0.2, 0.25) is 5.88 Å². The maximum absolute atomic E-state index is 9.66. The van der Waals surface area contributed by atoms with Crippen LogP contribution >= 0.6 is 23.2 Å². The van der Waals surface area contributed by atoms with Crippen LogP contribution in [0.15, 0.2) is 59.5 Å². The minimum absolute atomic E-state index is 0.133. The SMILES string of the molecule is N#CC1=C(N)OC2=C(CCc3ccccc32)[C@H]1c1ccc(Cl)cc1Cl. The largest absolute Gasteiger partial charge is 0.440 e. The van der Waals surface area contributed by atoms with Crippen LogP contribution in [0.2, 0.25) is 10.0 Å². The number of halogens is 2. The number of allylic oxidation sites excluding steroid dienone is 2. The van der Waals surface area contributed by atoms with Crippen LogP contribution in [-0.4, -0.2) is 0 Å². The average molecular weight is 369 g/mol. The average Bonchev–Trinajstić information content (AvgIpc) is 2.61. The molecule has 0 spiro atoms. The van der Waals surface area contributed by atoms with Crippen LogP contribution in [0.25, 0.3) is 5.76 Å². The molecule has 1 aliphatic heterocycles. The topological polar surface area (TPSA) is 59.0 Å². The van der Waals surface area contributed by atoms with Gasteiger partial charge in [-0.25, -0.2) is 0 Å². The number of fused-ring (bicyclic) bond motifs is 2. The van der Waals surface area contributed by atoms with Crippen molar-refractivity contribution in [2.24, 2.45) is 5.73 Å². The molecule has 25 heavy (non-hydrogen) atoms. The van der Waals surface area contributed by atoms with Gasteiger partial charge in [-0.05, 0) is 41.7 Å². The Balaban J connectivity index is 1.95. The number of aryl methyl sites for hydroxylation is 1. The van der Waals surface area contributed by atoms with E-state index in [2.05, 4.69) is 12.1 Å². The Morgan fingerprint density at radius 3 is 2.68 bits per heavy atom. The number of nitrogens with zero attached hydrogens (tertiary/aromatic N) is 1. The molecule has 2 aromatic rings. The van der Waals surface area contributed by atoms with Crippen molar-refractivity contribution in [2.45, 2.75) is 18.8 Å². The van der Waals surface area contributed by atoms with Gasteiger partial charge in [-0.15, -0.1) is 0 Å². The normalized spacial score (nSPS) is 19.0. The van der Waals surface area contributed by atoms with Crippen molar-refractivity contribution in [3.8, 4) is 6.07 Å².